The molecule has 0 bridgehead atoms. The fraction of sp³-hybridized carbons (Fsp3) is 0.900. The van der Waals surface area contributed by atoms with Crippen LogP contribution in [0.3, 0.4) is 0 Å². The molecule has 0 amide bonds. The molecule has 5 heteroatoms. The van der Waals surface area contributed by atoms with E-state index in [4.69, 9.17) is 4.74 Å². The molecule has 4 nitrogen and oxygen atoms in total. The third kappa shape index (κ3) is 6.62. The van der Waals surface area contributed by atoms with E-state index in [1.165, 1.54) is 0 Å². The van der Waals surface area contributed by atoms with Gasteiger partial charge in [-0.2, -0.15) is 0 Å². The number of carbonyl (C=O) groups is 1. The number of esters is 1. The second kappa shape index (κ2) is 6.23. The van der Waals surface area contributed by atoms with Gasteiger partial charge < -0.3 is 4.74 Å². The normalized spacial score (nSPS) is 15.8. The molecule has 0 aliphatic heterocycles. The first-order valence-electron chi connectivity index (χ1n) is 5.11. The molecule has 0 aliphatic carbocycles. The van der Waals surface area contributed by atoms with Gasteiger partial charge in [0.2, 0.25) is 0 Å². The van der Waals surface area contributed by atoms with Gasteiger partial charge in [-0.3, -0.25) is 4.79 Å². The highest BCUT2D eigenvalue weighted by Crippen LogP contribution is 2.10. The van der Waals surface area contributed by atoms with Gasteiger partial charge in [0.25, 0.3) is 0 Å². The number of hydrogen-bond acceptors (Lipinski definition) is 3. The molecule has 0 saturated carbocycles. The highest BCUT2D eigenvalue weighted by molar-refractivity contribution is 7.84. The third-order valence-corrected chi connectivity index (χ3v) is 3.37. The smallest absolute Gasteiger partial charge is 0.307 e. The van der Waals surface area contributed by atoms with Gasteiger partial charge in [-0.15, -0.1) is 0 Å². The molecule has 1 unspecified atom stereocenters. The predicted octanol–water partition coefficient (Wildman–Crippen LogP) is 1.38. The molecule has 0 aromatic carbocycles. The number of nitrogens with one attached hydrogen (secondary N) is 1. The van der Waals surface area contributed by atoms with Crippen molar-refractivity contribution in [2.45, 2.75) is 51.8 Å². The van der Waals surface area contributed by atoms with E-state index < -0.39 is 11.0 Å². The number of ether oxygens (including phenoxy) is 1. The molecule has 1 N–H and O–H groups in total. The van der Waals surface area contributed by atoms with Crippen LogP contribution in [-0.2, 0) is 20.5 Å². The summed E-state index contributed by atoms with van der Waals surface area (Å²) in [4.78, 5) is 11.1. The van der Waals surface area contributed by atoms with Crippen molar-refractivity contribution in [2.24, 2.45) is 0 Å². The summed E-state index contributed by atoms with van der Waals surface area (Å²) >= 11 is 0. The molecule has 0 radical (unpaired) electrons. The summed E-state index contributed by atoms with van der Waals surface area (Å²) in [7, 11) is -1.15. The Kier molecular flexibility index (Phi) is 6.05. The fourth-order valence-corrected chi connectivity index (χ4v) is 1.67. The van der Waals surface area contributed by atoms with Crippen molar-refractivity contribution in [1.82, 2.24) is 4.72 Å². The van der Waals surface area contributed by atoms with Gasteiger partial charge in [0.05, 0.1) is 28.8 Å². The van der Waals surface area contributed by atoms with Gasteiger partial charge in [-0.05, 0) is 34.6 Å². The zero-order chi connectivity index (χ0) is 12.1. The van der Waals surface area contributed by atoms with Crippen LogP contribution in [0, 0.1) is 0 Å². The molecule has 2 atom stereocenters. The maximum atomic E-state index is 11.7. The van der Waals surface area contributed by atoms with Gasteiger partial charge in [0, 0.05) is 6.04 Å². The van der Waals surface area contributed by atoms with Gasteiger partial charge in [0.1, 0.15) is 0 Å². The molecule has 0 aromatic rings. The third-order valence-electron chi connectivity index (χ3n) is 1.64. The molecule has 0 fully saturated rings. The van der Waals surface area contributed by atoms with Crippen LogP contribution in [0.4, 0.5) is 0 Å². The summed E-state index contributed by atoms with van der Waals surface area (Å²) in [5, 5.41) is 0. The monoisotopic (exact) mass is 235 g/mol. The zero-order valence-corrected chi connectivity index (χ0v) is 10.9. The van der Waals surface area contributed by atoms with Crippen LogP contribution in [0.15, 0.2) is 0 Å². The Balaban J connectivity index is 3.99. The Morgan fingerprint density at radius 3 is 2.40 bits per heavy atom. The molecule has 0 saturated heterocycles. The first-order valence-corrected chi connectivity index (χ1v) is 6.26. The first-order chi connectivity index (χ1) is 6.77. The maximum absolute atomic E-state index is 11.7. The predicted molar refractivity (Wildman–Crippen MR) is 61.7 cm³/mol. The van der Waals surface area contributed by atoms with Crippen molar-refractivity contribution in [3.8, 4) is 0 Å². The van der Waals surface area contributed by atoms with E-state index in [0.29, 0.717) is 6.61 Å². The summed E-state index contributed by atoms with van der Waals surface area (Å²) in [5.41, 5.74) is 0. The Hall–Kier alpha value is -0.420. The van der Waals surface area contributed by atoms with Gasteiger partial charge in [0.15, 0.2) is 0 Å². The Bertz CT molecular complexity index is 235. The summed E-state index contributed by atoms with van der Waals surface area (Å²) < 4.78 is 19.0. The second-order valence-corrected chi connectivity index (χ2v) is 6.41. The summed E-state index contributed by atoms with van der Waals surface area (Å²) in [6, 6.07) is -0.135. The molecule has 15 heavy (non-hydrogen) atoms. The second-order valence-electron chi connectivity index (χ2n) is 4.41. The largest absolute Gasteiger partial charge is 0.466 e. The van der Waals surface area contributed by atoms with E-state index in [1.807, 2.05) is 27.7 Å². The van der Waals surface area contributed by atoms with Crippen molar-refractivity contribution in [1.29, 1.82) is 0 Å². The van der Waals surface area contributed by atoms with Gasteiger partial charge in [-0.25, -0.2) is 8.93 Å². The van der Waals surface area contributed by atoms with Crippen LogP contribution in [-0.4, -0.2) is 27.6 Å². The van der Waals surface area contributed by atoms with Gasteiger partial charge in [-0.1, -0.05) is 0 Å². The lowest BCUT2D eigenvalue weighted by molar-refractivity contribution is -0.143. The molecular formula is C10H21NO3S. The van der Waals surface area contributed by atoms with Crippen LogP contribution in [0.5, 0.6) is 0 Å². The molecule has 0 aliphatic rings. The average molecular weight is 235 g/mol. The standard InChI is InChI=1S/C10H21NO3S/c1-6-14-9(12)7-8(2)11-15(13)10(3,4)5/h8,11H,6-7H2,1-5H3/t8?,15-/m1/s1. The van der Waals surface area contributed by atoms with E-state index in [0.717, 1.165) is 0 Å². The minimum absolute atomic E-state index is 0.135. The van der Waals surface area contributed by atoms with Crippen LogP contribution in [0.25, 0.3) is 0 Å². The molecule has 90 valence electrons. The highest BCUT2D eigenvalue weighted by Gasteiger charge is 2.22. The average Bonchev–Trinajstić information content (AvgIpc) is 2.01. The van der Waals surface area contributed by atoms with Gasteiger partial charge >= 0.3 is 5.97 Å². The highest BCUT2D eigenvalue weighted by atomic mass is 32.2. The lowest BCUT2D eigenvalue weighted by atomic mass is 10.2. The van der Waals surface area contributed by atoms with Crippen molar-refractivity contribution >= 4 is 17.0 Å². The van der Waals surface area contributed by atoms with E-state index >= 15 is 0 Å². The van der Waals surface area contributed by atoms with Crippen LogP contribution in [0.2, 0.25) is 0 Å². The van der Waals surface area contributed by atoms with E-state index in [1.54, 1.807) is 6.92 Å². The first kappa shape index (κ1) is 14.6. The molecule has 0 heterocycles. The fourth-order valence-electron chi connectivity index (χ4n) is 0.871. The van der Waals surface area contributed by atoms with Crippen LogP contribution < -0.4 is 4.72 Å². The van der Waals surface area contributed by atoms with Crippen molar-refractivity contribution < 1.29 is 13.7 Å². The van der Waals surface area contributed by atoms with E-state index in [-0.39, 0.29) is 23.2 Å². The maximum Gasteiger partial charge on any atom is 0.307 e. The lowest BCUT2D eigenvalue weighted by Crippen LogP contribution is -2.39. The zero-order valence-electron chi connectivity index (χ0n) is 10.1. The number of hydrogen-bond donors (Lipinski definition) is 1. The summed E-state index contributed by atoms with van der Waals surface area (Å²) in [6.07, 6.45) is 0.246. The Morgan fingerprint density at radius 2 is 2.00 bits per heavy atom. The minimum atomic E-state index is -1.15. The Labute approximate surface area is 94.4 Å². The molecule has 0 aromatic heterocycles. The molecule has 0 rings (SSSR count). The van der Waals surface area contributed by atoms with Crippen molar-refractivity contribution in [2.75, 3.05) is 6.61 Å². The summed E-state index contributed by atoms with van der Waals surface area (Å²) in [6.45, 7) is 9.62. The number of carbonyl (C=O) groups excluding carboxylic acids is 1. The van der Waals surface area contributed by atoms with Crippen molar-refractivity contribution in [3.05, 3.63) is 0 Å². The quantitative estimate of drug-likeness (QED) is 0.732. The van der Waals surface area contributed by atoms with E-state index in [2.05, 4.69) is 4.72 Å². The SMILES string of the molecule is CCOC(=O)CC(C)N[S@](=O)C(C)(C)C. The Morgan fingerprint density at radius 1 is 1.47 bits per heavy atom. The number of rotatable bonds is 5. The van der Waals surface area contributed by atoms with Crippen LogP contribution in [0.1, 0.15) is 41.0 Å². The molecular weight excluding hydrogens is 214 g/mol. The molecule has 0 spiro atoms. The van der Waals surface area contributed by atoms with Crippen molar-refractivity contribution in [3.63, 3.8) is 0 Å². The lowest BCUT2D eigenvalue weighted by Gasteiger charge is -2.21. The minimum Gasteiger partial charge on any atom is -0.466 e. The van der Waals surface area contributed by atoms with Crippen LogP contribution >= 0.6 is 0 Å². The summed E-state index contributed by atoms with van der Waals surface area (Å²) in [5.74, 6) is -0.261. The van der Waals surface area contributed by atoms with E-state index in [9.17, 15) is 9.00 Å². The topological polar surface area (TPSA) is 55.4 Å².